The van der Waals surface area contributed by atoms with E-state index in [9.17, 15) is 13.2 Å². The maximum absolute atomic E-state index is 12.6. The Kier molecular flexibility index (Phi) is 5.54. The van der Waals surface area contributed by atoms with Gasteiger partial charge in [0.05, 0.1) is 6.20 Å². The van der Waals surface area contributed by atoms with Crippen molar-refractivity contribution in [3.05, 3.63) is 71.5 Å². The highest BCUT2D eigenvalue weighted by atomic mass is 19.4. The molecule has 1 aliphatic rings. The first-order valence-electron chi connectivity index (χ1n) is 12.2. The number of hydrogen-bond donors (Lipinski definition) is 2. The van der Waals surface area contributed by atoms with Gasteiger partial charge in [-0.3, -0.25) is 0 Å². The molecule has 1 unspecified atom stereocenters. The van der Waals surface area contributed by atoms with Crippen LogP contribution >= 0.6 is 0 Å². The lowest BCUT2D eigenvalue weighted by Gasteiger charge is -2.24. The van der Waals surface area contributed by atoms with Crippen molar-refractivity contribution in [3.63, 3.8) is 0 Å². The Morgan fingerprint density at radius 1 is 1.08 bits per heavy atom. The van der Waals surface area contributed by atoms with E-state index in [4.69, 9.17) is 9.97 Å². The number of nitrogens with zero attached hydrogens (tertiary/aromatic N) is 4. The number of aromatic amines is 1. The number of para-hydroxylation sites is 1. The van der Waals surface area contributed by atoms with Gasteiger partial charge in [-0.25, -0.2) is 4.98 Å². The van der Waals surface area contributed by atoms with Crippen LogP contribution in [-0.2, 0) is 12.8 Å². The van der Waals surface area contributed by atoms with Gasteiger partial charge in [0, 0.05) is 33.8 Å². The monoisotopic (exact) mass is 506 g/mol. The molecule has 1 aliphatic carbocycles. The van der Waals surface area contributed by atoms with E-state index in [0.29, 0.717) is 23.0 Å². The van der Waals surface area contributed by atoms with Crippen LogP contribution in [0.15, 0.2) is 54.7 Å². The van der Waals surface area contributed by atoms with Gasteiger partial charge < -0.3 is 15.0 Å². The molecule has 1 atom stereocenters. The number of benzene rings is 2. The van der Waals surface area contributed by atoms with Gasteiger partial charge in [-0.1, -0.05) is 32.0 Å². The molecule has 0 radical (unpaired) electrons. The minimum atomic E-state index is -4.75. The van der Waals surface area contributed by atoms with E-state index in [-0.39, 0.29) is 17.7 Å². The molecule has 0 aliphatic heterocycles. The van der Waals surface area contributed by atoms with E-state index in [1.54, 1.807) is 10.7 Å². The fraction of sp³-hybridized carbons (Fsp3) is 0.296. The Labute approximate surface area is 210 Å². The third-order valence-electron chi connectivity index (χ3n) is 6.79. The molecular formula is C27H25F3N6O. The van der Waals surface area contributed by atoms with Gasteiger partial charge in [0.15, 0.2) is 11.5 Å². The minimum Gasteiger partial charge on any atom is -0.406 e. The second kappa shape index (κ2) is 8.79. The highest BCUT2D eigenvalue weighted by Gasteiger charge is 2.31. The van der Waals surface area contributed by atoms with Crippen molar-refractivity contribution < 1.29 is 17.9 Å². The maximum Gasteiger partial charge on any atom is 0.573 e. The van der Waals surface area contributed by atoms with Crippen molar-refractivity contribution in [1.82, 2.24) is 24.6 Å². The van der Waals surface area contributed by atoms with Gasteiger partial charge in [0.25, 0.3) is 0 Å². The summed E-state index contributed by atoms with van der Waals surface area (Å²) in [6, 6.07) is 14.0. The molecule has 190 valence electrons. The Bertz CT molecular complexity index is 1590. The third kappa shape index (κ3) is 4.47. The Morgan fingerprint density at radius 3 is 2.62 bits per heavy atom. The van der Waals surface area contributed by atoms with E-state index in [1.165, 1.54) is 40.9 Å². The van der Waals surface area contributed by atoms with Crippen LogP contribution in [0.3, 0.4) is 0 Å². The second-order valence-corrected chi connectivity index (χ2v) is 9.64. The Hall–Kier alpha value is -4.08. The molecule has 0 spiro atoms. The van der Waals surface area contributed by atoms with Gasteiger partial charge in [-0.15, -0.1) is 13.2 Å². The lowest BCUT2D eigenvalue weighted by Crippen LogP contribution is -2.29. The number of hydrogen-bond acceptors (Lipinski definition) is 5. The van der Waals surface area contributed by atoms with Gasteiger partial charge in [0.1, 0.15) is 5.75 Å². The van der Waals surface area contributed by atoms with Crippen molar-refractivity contribution >= 4 is 22.5 Å². The summed E-state index contributed by atoms with van der Waals surface area (Å²) >= 11 is 0. The average molecular weight is 507 g/mol. The zero-order valence-corrected chi connectivity index (χ0v) is 20.3. The SMILES string of the molecule is CC(C)c1cnn2c(NC3CCc4[nH]c5ccccc5c4C3)nc(-c3ccc(OC(F)(F)F)cc3)nc12. The van der Waals surface area contributed by atoms with Crippen LogP contribution in [0, 0.1) is 0 Å². The third-order valence-corrected chi connectivity index (χ3v) is 6.79. The first kappa shape index (κ1) is 23.3. The number of aryl methyl sites for hydroxylation is 1. The van der Waals surface area contributed by atoms with Crippen molar-refractivity contribution in [2.75, 3.05) is 5.32 Å². The zero-order chi connectivity index (χ0) is 25.7. The van der Waals surface area contributed by atoms with Crippen LogP contribution in [0.2, 0.25) is 0 Å². The first-order chi connectivity index (χ1) is 17.7. The number of anilines is 1. The highest BCUT2D eigenvalue weighted by Crippen LogP contribution is 2.32. The fourth-order valence-corrected chi connectivity index (χ4v) is 5.01. The molecule has 0 bridgehead atoms. The van der Waals surface area contributed by atoms with E-state index >= 15 is 0 Å². The summed E-state index contributed by atoms with van der Waals surface area (Å²) in [7, 11) is 0. The largest absolute Gasteiger partial charge is 0.573 e. The second-order valence-electron chi connectivity index (χ2n) is 9.64. The topological polar surface area (TPSA) is 80.1 Å². The number of alkyl halides is 3. The van der Waals surface area contributed by atoms with E-state index in [2.05, 4.69) is 52.2 Å². The number of fused-ring (bicyclic) bond motifs is 4. The summed E-state index contributed by atoms with van der Waals surface area (Å²) in [4.78, 5) is 13.0. The predicted molar refractivity (Wildman–Crippen MR) is 135 cm³/mol. The lowest BCUT2D eigenvalue weighted by atomic mass is 9.91. The molecule has 10 heteroatoms. The smallest absolute Gasteiger partial charge is 0.406 e. The molecule has 0 amide bonds. The predicted octanol–water partition coefficient (Wildman–Crippen LogP) is 6.26. The van der Waals surface area contributed by atoms with Crippen LogP contribution in [0.25, 0.3) is 27.9 Å². The normalized spacial score (nSPS) is 15.9. The summed E-state index contributed by atoms with van der Waals surface area (Å²) in [6.45, 7) is 4.13. The molecule has 2 aromatic carbocycles. The number of aromatic nitrogens is 5. The van der Waals surface area contributed by atoms with Gasteiger partial charge in [0.2, 0.25) is 5.95 Å². The van der Waals surface area contributed by atoms with Crippen LogP contribution in [-0.4, -0.2) is 37.0 Å². The highest BCUT2D eigenvalue weighted by molar-refractivity contribution is 5.85. The molecule has 2 N–H and O–H groups in total. The summed E-state index contributed by atoms with van der Waals surface area (Å²) in [5, 5.41) is 9.38. The summed E-state index contributed by atoms with van der Waals surface area (Å²) in [5.41, 5.74) is 5.95. The van der Waals surface area contributed by atoms with Crippen LogP contribution in [0.5, 0.6) is 5.75 Å². The Morgan fingerprint density at radius 2 is 1.86 bits per heavy atom. The number of rotatable bonds is 5. The number of H-pyrrole nitrogens is 1. The van der Waals surface area contributed by atoms with E-state index in [1.807, 2.05) is 6.07 Å². The summed E-state index contributed by atoms with van der Waals surface area (Å²) in [5.74, 6) is 0.842. The van der Waals surface area contributed by atoms with E-state index in [0.717, 1.165) is 30.3 Å². The van der Waals surface area contributed by atoms with Crippen LogP contribution in [0.1, 0.15) is 43.0 Å². The average Bonchev–Trinajstić information content (AvgIpc) is 3.45. The molecule has 0 fully saturated rings. The minimum absolute atomic E-state index is 0.131. The Balaban J connectivity index is 1.36. The maximum atomic E-state index is 12.6. The molecule has 5 aromatic rings. The van der Waals surface area contributed by atoms with Gasteiger partial charge >= 0.3 is 6.36 Å². The van der Waals surface area contributed by atoms with Crippen molar-refractivity contribution in [2.24, 2.45) is 0 Å². The number of halogens is 3. The molecule has 7 nitrogen and oxygen atoms in total. The quantitative estimate of drug-likeness (QED) is 0.294. The van der Waals surface area contributed by atoms with Crippen molar-refractivity contribution in [3.8, 4) is 17.1 Å². The van der Waals surface area contributed by atoms with Crippen LogP contribution < -0.4 is 10.1 Å². The standard InChI is InChI=1S/C27H25F3N6O/c1-15(2)21-14-31-36-25(21)34-24(16-7-10-18(11-8-16)37-27(28,29)30)35-26(36)32-17-9-12-23-20(13-17)19-5-3-4-6-22(19)33-23/h3-8,10-11,14-15,17,33H,9,12-13H2,1-2H3,(H,32,34,35). The molecule has 0 saturated carbocycles. The molecule has 3 aromatic heterocycles. The van der Waals surface area contributed by atoms with Gasteiger partial charge in [-0.05, 0) is 61.1 Å². The fourth-order valence-electron chi connectivity index (χ4n) is 5.01. The van der Waals surface area contributed by atoms with Crippen molar-refractivity contribution in [1.29, 1.82) is 0 Å². The molecule has 3 heterocycles. The van der Waals surface area contributed by atoms with Crippen LogP contribution in [0.4, 0.5) is 19.1 Å². The van der Waals surface area contributed by atoms with Gasteiger partial charge in [-0.2, -0.15) is 14.6 Å². The number of ether oxygens (including phenoxy) is 1. The zero-order valence-electron chi connectivity index (χ0n) is 20.3. The first-order valence-corrected chi connectivity index (χ1v) is 12.2. The molecule has 0 saturated heterocycles. The molecule has 37 heavy (non-hydrogen) atoms. The van der Waals surface area contributed by atoms with Crippen molar-refractivity contribution in [2.45, 2.75) is 51.4 Å². The molecule has 6 rings (SSSR count). The number of nitrogens with one attached hydrogen (secondary N) is 2. The summed E-state index contributed by atoms with van der Waals surface area (Å²) in [6.07, 6.45) is -0.283. The summed E-state index contributed by atoms with van der Waals surface area (Å²) < 4.78 is 43.5. The van der Waals surface area contributed by atoms with E-state index < -0.39 is 6.36 Å². The molecular weight excluding hydrogens is 481 g/mol. The lowest BCUT2D eigenvalue weighted by molar-refractivity contribution is -0.274.